The molecule has 3 N–H and O–H groups in total. The van der Waals surface area contributed by atoms with E-state index in [0.29, 0.717) is 6.42 Å². The predicted octanol–water partition coefficient (Wildman–Crippen LogP) is 3.69. The highest BCUT2D eigenvalue weighted by atomic mass is 79.9. The van der Waals surface area contributed by atoms with Crippen LogP contribution in [0.1, 0.15) is 24.0 Å². The van der Waals surface area contributed by atoms with Crippen LogP contribution in [0, 0.1) is 5.82 Å². The molecule has 4 heteroatoms. The summed E-state index contributed by atoms with van der Waals surface area (Å²) in [5.74, 6) is 5.58. The highest BCUT2D eigenvalue weighted by Crippen LogP contribution is 2.51. The van der Waals surface area contributed by atoms with Crippen LogP contribution >= 0.6 is 15.9 Å². The summed E-state index contributed by atoms with van der Waals surface area (Å²) in [5, 5.41) is 0. The number of halogens is 2. The standard InChI is InChI=1S/C17H18BrFN2/c18-14-8-12(9-15(19)11-14)10-16(21-20)17(6-7-17)13-4-2-1-3-5-13/h1-5,8-9,11,16,21H,6-7,10,20H2. The van der Waals surface area contributed by atoms with Crippen LogP contribution in [0.5, 0.6) is 0 Å². The van der Waals surface area contributed by atoms with Crippen molar-refractivity contribution in [1.29, 1.82) is 0 Å². The van der Waals surface area contributed by atoms with E-state index in [0.717, 1.165) is 22.9 Å². The minimum absolute atomic E-state index is 0.0782. The molecule has 0 heterocycles. The van der Waals surface area contributed by atoms with Gasteiger partial charge in [0.2, 0.25) is 0 Å². The van der Waals surface area contributed by atoms with E-state index in [2.05, 4.69) is 45.6 Å². The van der Waals surface area contributed by atoms with Gasteiger partial charge in [-0.2, -0.15) is 0 Å². The van der Waals surface area contributed by atoms with Crippen LogP contribution in [0.25, 0.3) is 0 Å². The van der Waals surface area contributed by atoms with Gasteiger partial charge in [0.05, 0.1) is 0 Å². The van der Waals surface area contributed by atoms with Crippen molar-refractivity contribution in [3.05, 3.63) is 69.9 Å². The maximum Gasteiger partial charge on any atom is 0.124 e. The van der Waals surface area contributed by atoms with E-state index in [1.807, 2.05) is 12.1 Å². The molecule has 0 radical (unpaired) electrons. The summed E-state index contributed by atoms with van der Waals surface area (Å²) in [4.78, 5) is 0. The van der Waals surface area contributed by atoms with Gasteiger partial charge in [0.1, 0.15) is 5.82 Å². The fourth-order valence-electron chi connectivity index (χ4n) is 3.12. The number of hydrogen-bond donors (Lipinski definition) is 2. The number of rotatable bonds is 5. The second kappa shape index (κ2) is 5.87. The minimum Gasteiger partial charge on any atom is -0.271 e. The molecule has 0 amide bonds. The van der Waals surface area contributed by atoms with Crippen LogP contribution in [-0.2, 0) is 11.8 Å². The molecule has 2 nitrogen and oxygen atoms in total. The van der Waals surface area contributed by atoms with Crippen molar-refractivity contribution in [2.45, 2.75) is 30.7 Å². The Kier molecular flexibility index (Phi) is 4.11. The Morgan fingerprint density at radius 3 is 2.48 bits per heavy atom. The van der Waals surface area contributed by atoms with Crippen LogP contribution in [0.15, 0.2) is 53.0 Å². The van der Waals surface area contributed by atoms with E-state index in [4.69, 9.17) is 5.84 Å². The zero-order chi connectivity index (χ0) is 14.9. The van der Waals surface area contributed by atoms with Crippen LogP contribution < -0.4 is 11.3 Å². The van der Waals surface area contributed by atoms with Crippen LogP contribution in [0.3, 0.4) is 0 Å². The molecule has 2 aromatic carbocycles. The summed E-state index contributed by atoms with van der Waals surface area (Å²) in [6.45, 7) is 0. The number of benzene rings is 2. The van der Waals surface area contributed by atoms with Gasteiger partial charge in [-0.05, 0) is 48.6 Å². The fraction of sp³-hybridized carbons (Fsp3) is 0.294. The van der Waals surface area contributed by atoms with E-state index in [1.165, 1.54) is 11.6 Å². The molecule has 1 fully saturated rings. The van der Waals surface area contributed by atoms with Crippen molar-refractivity contribution in [2.75, 3.05) is 0 Å². The average molecular weight is 349 g/mol. The van der Waals surface area contributed by atoms with Gasteiger partial charge < -0.3 is 0 Å². The van der Waals surface area contributed by atoms with Crippen molar-refractivity contribution in [1.82, 2.24) is 5.43 Å². The van der Waals surface area contributed by atoms with Crippen LogP contribution in [0.2, 0.25) is 0 Å². The summed E-state index contributed by atoms with van der Waals surface area (Å²) in [7, 11) is 0. The Morgan fingerprint density at radius 2 is 1.90 bits per heavy atom. The lowest BCUT2D eigenvalue weighted by Gasteiger charge is -2.27. The lowest BCUT2D eigenvalue weighted by atomic mass is 9.85. The Bertz CT molecular complexity index is 606. The van der Waals surface area contributed by atoms with Crippen molar-refractivity contribution in [3.63, 3.8) is 0 Å². The third-order valence-corrected chi connectivity index (χ3v) is 4.83. The zero-order valence-electron chi connectivity index (χ0n) is 11.7. The molecule has 3 rings (SSSR count). The Labute approximate surface area is 132 Å². The molecule has 21 heavy (non-hydrogen) atoms. The van der Waals surface area contributed by atoms with Gasteiger partial charge in [-0.25, -0.2) is 4.39 Å². The van der Waals surface area contributed by atoms with E-state index < -0.39 is 0 Å². The maximum atomic E-state index is 13.5. The molecular weight excluding hydrogens is 331 g/mol. The van der Waals surface area contributed by atoms with Gasteiger partial charge in [0, 0.05) is 15.9 Å². The van der Waals surface area contributed by atoms with Crippen LogP contribution in [-0.4, -0.2) is 6.04 Å². The van der Waals surface area contributed by atoms with Gasteiger partial charge >= 0.3 is 0 Å². The highest BCUT2D eigenvalue weighted by Gasteiger charge is 2.50. The molecular formula is C17H18BrFN2. The molecule has 1 atom stereocenters. The molecule has 0 spiro atoms. The number of hydrogen-bond acceptors (Lipinski definition) is 2. The summed E-state index contributed by atoms with van der Waals surface area (Å²) in [6.07, 6.45) is 2.94. The Hall–Kier alpha value is -1.23. The monoisotopic (exact) mass is 348 g/mol. The summed E-state index contributed by atoms with van der Waals surface area (Å²) in [5.41, 5.74) is 5.29. The number of hydrazine groups is 1. The quantitative estimate of drug-likeness (QED) is 0.638. The molecule has 0 saturated heterocycles. The first-order chi connectivity index (χ1) is 10.1. The molecule has 0 bridgehead atoms. The third-order valence-electron chi connectivity index (χ3n) is 4.37. The predicted molar refractivity (Wildman–Crippen MR) is 86.3 cm³/mol. The van der Waals surface area contributed by atoms with Crippen LogP contribution in [0.4, 0.5) is 4.39 Å². The van der Waals surface area contributed by atoms with E-state index in [9.17, 15) is 4.39 Å². The normalized spacial score (nSPS) is 17.5. The number of nitrogens with one attached hydrogen (secondary N) is 1. The number of nitrogens with two attached hydrogens (primary N) is 1. The second-order valence-electron chi connectivity index (χ2n) is 5.72. The topological polar surface area (TPSA) is 38.0 Å². The van der Waals surface area contributed by atoms with E-state index in [1.54, 1.807) is 6.07 Å². The largest absolute Gasteiger partial charge is 0.271 e. The van der Waals surface area contributed by atoms with E-state index >= 15 is 0 Å². The molecule has 1 aliphatic carbocycles. The molecule has 1 aliphatic rings. The van der Waals surface area contributed by atoms with Crippen molar-refractivity contribution in [2.24, 2.45) is 5.84 Å². The van der Waals surface area contributed by atoms with Gasteiger partial charge in [0.25, 0.3) is 0 Å². The lowest BCUT2D eigenvalue weighted by molar-refractivity contribution is 0.420. The molecule has 110 valence electrons. The molecule has 1 saturated carbocycles. The van der Waals surface area contributed by atoms with Gasteiger partial charge in [-0.3, -0.25) is 11.3 Å². The third kappa shape index (κ3) is 3.03. The fourth-order valence-corrected chi connectivity index (χ4v) is 3.63. The van der Waals surface area contributed by atoms with Crippen molar-refractivity contribution < 1.29 is 4.39 Å². The molecule has 2 aromatic rings. The first-order valence-electron chi connectivity index (χ1n) is 7.11. The van der Waals surface area contributed by atoms with Crippen molar-refractivity contribution >= 4 is 15.9 Å². The molecule has 1 unspecified atom stereocenters. The second-order valence-corrected chi connectivity index (χ2v) is 6.64. The summed E-state index contributed by atoms with van der Waals surface area (Å²) >= 11 is 3.34. The molecule has 0 aliphatic heterocycles. The smallest absolute Gasteiger partial charge is 0.124 e. The SMILES string of the molecule is NNC(Cc1cc(F)cc(Br)c1)C1(c2ccccc2)CC1. The molecule has 0 aromatic heterocycles. The Morgan fingerprint density at radius 1 is 1.19 bits per heavy atom. The Balaban J connectivity index is 1.86. The van der Waals surface area contributed by atoms with E-state index in [-0.39, 0.29) is 17.3 Å². The van der Waals surface area contributed by atoms with Gasteiger partial charge in [-0.1, -0.05) is 46.3 Å². The van der Waals surface area contributed by atoms with Gasteiger partial charge in [-0.15, -0.1) is 0 Å². The first kappa shape index (κ1) is 14.7. The summed E-state index contributed by atoms with van der Waals surface area (Å²) < 4.78 is 14.3. The van der Waals surface area contributed by atoms with Crippen molar-refractivity contribution in [3.8, 4) is 0 Å². The highest BCUT2D eigenvalue weighted by molar-refractivity contribution is 9.10. The first-order valence-corrected chi connectivity index (χ1v) is 7.90. The van der Waals surface area contributed by atoms with Gasteiger partial charge in [0.15, 0.2) is 0 Å². The maximum absolute atomic E-state index is 13.5. The summed E-state index contributed by atoms with van der Waals surface area (Å²) in [6, 6.07) is 15.5. The lowest BCUT2D eigenvalue weighted by Crippen LogP contribution is -2.45. The zero-order valence-corrected chi connectivity index (χ0v) is 13.2. The minimum atomic E-state index is -0.222. The average Bonchev–Trinajstić information content (AvgIpc) is 3.26.